The summed E-state index contributed by atoms with van der Waals surface area (Å²) in [5, 5.41) is 10.1. The van der Waals surface area contributed by atoms with Crippen molar-refractivity contribution in [3.05, 3.63) is 96.7 Å². The smallest absolute Gasteiger partial charge is 0.268 e. The van der Waals surface area contributed by atoms with Gasteiger partial charge in [0.15, 0.2) is 0 Å². The molecule has 0 radical (unpaired) electrons. The highest BCUT2D eigenvalue weighted by Gasteiger charge is 2.14. The summed E-state index contributed by atoms with van der Waals surface area (Å²) in [6, 6.07) is 15.3. The third kappa shape index (κ3) is 3.36. The zero-order valence-electron chi connectivity index (χ0n) is 12.8. The molecular formula is C18H11Cl2N3O2. The van der Waals surface area contributed by atoms with E-state index in [1.54, 1.807) is 48.5 Å². The number of halogens is 2. The third-order valence-corrected chi connectivity index (χ3v) is 4.23. The summed E-state index contributed by atoms with van der Waals surface area (Å²) in [4.78, 5) is 25.2. The molecule has 0 aliphatic rings. The summed E-state index contributed by atoms with van der Waals surface area (Å²) in [6.07, 6.45) is 1.21. The lowest BCUT2D eigenvalue weighted by Crippen LogP contribution is -2.40. The molecule has 3 rings (SSSR count). The number of nitriles is 1. The summed E-state index contributed by atoms with van der Waals surface area (Å²) in [5.41, 5.74) is -0.258. The Labute approximate surface area is 152 Å². The Balaban J connectivity index is 2.22. The van der Waals surface area contributed by atoms with Crippen LogP contribution >= 0.6 is 23.2 Å². The van der Waals surface area contributed by atoms with Gasteiger partial charge in [-0.1, -0.05) is 47.5 Å². The van der Waals surface area contributed by atoms with Gasteiger partial charge in [0.05, 0.1) is 17.3 Å². The van der Waals surface area contributed by atoms with Crippen LogP contribution in [0.25, 0.3) is 5.69 Å². The molecule has 0 saturated heterocycles. The first kappa shape index (κ1) is 17.0. The Morgan fingerprint density at radius 3 is 2.32 bits per heavy atom. The van der Waals surface area contributed by atoms with E-state index in [0.717, 1.165) is 4.57 Å². The fourth-order valence-corrected chi connectivity index (χ4v) is 2.76. The number of nitrogens with zero attached hydrogens (tertiary/aromatic N) is 3. The Morgan fingerprint density at radius 2 is 1.68 bits per heavy atom. The highest BCUT2D eigenvalue weighted by atomic mass is 35.5. The monoisotopic (exact) mass is 371 g/mol. The summed E-state index contributed by atoms with van der Waals surface area (Å²) in [5.74, 6) is 0. The molecule has 2 aromatic carbocycles. The maximum atomic E-state index is 12.8. The lowest BCUT2D eigenvalue weighted by Gasteiger charge is -2.12. The summed E-state index contributed by atoms with van der Waals surface area (Å²) < 4.78 is 2.21. The molecule has 0 bridgehead atoms. The number of hydrogen-bond donors (Lipinski definition) is 0. The summed E-state index contributed by atoms with van der Waals surface area (Å²) in [7, 11) is 0. The SMILES string of the molecule is N#Cc1cn(-c2ccccc2Cl)c(=O)n(Cc2ccc(Cl)cc2)c1=O. The molecule has 0 spiro atoms. The Kier molecular flexibility index (Phi) is 4.75. The van der Waals surface area contributed by atoms with Gasteiger partial charge < -0.3 is 0 Å². The third-order valence-electron chi connectivity index (χ3n) is 3.66. The van der Waals surface area contributed by atoms with Gasteiger partial charge in [0, 0.05) is 11.2 Å². The van der Waals surface area contributed by atoms with E-state index in [0.29, 0.717) is 21.3 Å². The van der Waals surface area contributed by atoms with E-state index < -0.39 is 11.2 Å². The van der Waals surface area contributed by atoms with Crippen LogP contribution in [-0.2, 0) is 6.54 Å². The second kappa shape index (κ2) is 6.98. The van der Waals surface area contributed by atoms with Gasteiger partial charge in [0.1, 0.15) is 11.6 Å². The molecule has 7 heteroatoms. The van der Waals surface area contributed by atoms with Crippen LogP contribution in [0, 0.1) is 11.3 Å². The Hall–Kier alpha value is -2.81. The Bertz CT molecular complexity index is 1090. The maximum absolute atomic E-state index is 12.8. The quantitative estimate of drug-likeness (QED) is 0.709. The highest BCUT2D eigenvalue weighted by Crippen LogP contribution is 2.18. The van der Waals surface area contributed by atoms with Gasteiger partial charge in [-0.25, -0.2) is 4.79 Å². The molecule has 0 aliphatic heterocycles. The molecule has 0 unspecified atom stereocenters. The first-order valence-corrected chi connectivity index (χ1v) is 8.03. The van der Waals surface area contributed by atoms with Crippen LogP contribution in [0.1, 0.15) is 11.1 Å². The molecule has 0 saturated carbocycles. The largest absolute Gasteiger partial charge is 0.336 e. The van der Waals surface area contributed by atoms with Crippen molar-refractivity contribution in [1.29, 1.82) is 5.26 Å². The van der Waals surface area contributed by atoms with Gasteiger partial charge in [-0.05, 0) is 29.8 Å². The average Bonchev–Trinajstić information content (AvgIpc) is 2.61. The lowest BCUT2D eigenvalue weighted by atomic mass is 10.2. The fourth-order valence-electron chi connectivity index (χ4n) is 2.41. The van der Waals surface area contributed by atoms with Crippen molar-refractivity contribution >= 4 is 23.2 Å². The number of benzene rings is 2. The lowest BCUT2D eigenvalue weighted by molar-refractivity contribution is 0.665. The van der Waals surface area contributed by atoms with Crippen molar-refractivity contribution in [2.75, 3.05) is 0 Å². The van der Waals surface area contributed by atoms with Crippen molar-refractivity contribution in [2.45, 2.75) is 6.54 Å². The number of rotatable bonds is 3. The first-order chi connectivity index (χ1) is 12.0. The highest BCUT2D eigenvalue weighted by molar-refractivity contribution is 6.32. The van der Waals surface area contributed by atoms with Gasteiger partial charge in [0.25, 0.3) is 5.56 Å². The molecule has 0 amide bonds. The molecule has 1 heterocycles. The van der Waals surface area contributed by atoms with E-state index >= 15 is 0 Å². The standard InChI is InChI=1S/C18H11Cl2N3O2/c19-14-7-5-12(6-8-14)10-23-17(24)13(9-21)11-22(18(23)25)16-4-2-1-3-15(16)20/h1-8,11H,10H2. The predicted molar refractivity (Wildman–Crippen MR) is 96.6 cm³/mol. The van der Waals surface area contributed by atoms with Gasteiger partial charge >= 0.3 is 5.69 Å². The summed E-state index contributed by atoms with van der Waals surface area (Å²) in [6.45, 7) is 0.0226. The van der Waals surface area contributed by atoms with Crippen molar-refractivity contribution in [3.8, 4) is 11.8 Å². The number of hydrogen-bond acceptors (Lipinski definition) is 3. The second-order valence-corrected chi connectivity index (χ2v) is 6.12. The van der Waals surface area contributed by atoms with Crippen LogP contribution < -0.4 is 11.2 Å². The van der Waals surface area contributed by atoms with E-state index in [4.69, 9.17) is 23.2 Å². The van der Waals surface area contributed by atoms with Crippen LogP contribution in [0.15, 0.2) is 64.3 Å². The fraction of sp³-hybridized carbons (Fsp3) is 0.0556. The minimum absolute atomic E-state index is 0.0226. The first-order valence-electron chi connectivity index (χ1n) is 7.27. The van der Waals surface area contributed by atoms with Crippen molar-refractivity contribution in [2.24, 2.45) is 0 Å². The molecule has 0 fully saturated rings. The van der Waals surface area contributed by atoms with Crippen LogP contribution in [-0.4, -0.2) is 9.13 Å². The predicted octanol–water partition coefficient (Wildman–Crippen LogP) is 3.23. The van der Waals surface area contributed by atoms with Crippen LogP contribution in [0.5, 0.6) is 0 Å². The van der Waals surface area contributed by atoms with Crippen molar-refractivity contribution in [3.63, 3.8) is 0 Å². The zero-order chi connectivity index (χ0) is 18.0. The second-order valence-electron chi connectivity index (χ2n) is 5.28. The van der Waals surface area contributed by atoms with E-state index in [2.05, 4.69) is 0 Å². The molecule has 3 aromatic rings. The van der Waals surface area contributed by atoms with E-state index in [1.807, 2.05) is 6.07 Å². The van der Waals surface area contributed by atoms with Crippen molar-refractivity contribution < 1.29 is 0 Å². The summed E-state index contributed by atoms with van der Waals surface area (Å²) >= 11 is 12.0. The molecule has 1 aromatic heterocycles. The van der Waals surface area contributed by atoms with Crippen molar-refractivity contribution in [1.82, 2.24) is 9.13 Å². The molecule has 0 N–H and O–H groups in total. The molecule has 0 aliphatic carbocycles. The number of para-hydroxylation sites is 1. The molecule has 5 nitrogen and oxygen atoms in total. The van der Waals surface area contributed by atoms with Crippen LogP contribution in [0.3, 0.4) is 0 Å². The van der Waals surface area contributed by atoms with Crippen LogP contribution in [0.2, 0.25) is 10.0 Å². The van der Waals surface area contributed by atoms with E-state index in [9.17, 15) is 14.9 Å². The average molecular weight is 372 g/mol. The van der Waals surface area contributed by atoms with Crippen LogP contribution in [0.4, 0.5) is 0 Å². The molecular weight excluding hydrogens is 361 g/mol. The molecule has 124 valence electrons. The van der Waals surface area contributed by atoms with Gasteiger partial charge in [-0.15, -0.1) is 0 Å². The maximum Gasteiger partial charge on any atom is 0.336 e. The minimum Gasteiger partial charge on any atom is -0.268 e. The zero-order valence-corrected chi connectivity index (χ0v) is 14.3. The van der Waals surface area contributed by atoms with Gasteiger partial charge in [0.2, 0.25) is 0 Å². The van der Waals surface area contributed by atoms with Gasteiger partial charge in [-0.2, -0.15) is 5.26 Å². The topological polar surface area (TPSA) is 67.8 Å². The molecule has 0 atom stereocenters. The van der Waals surface area contributed by atoms with Gasteiger partial charge in [-0.3, -0.25) is 13.9 Å². The molecule has 25 heavy (non-hydrogen) atoms. The normalized spacial score (nSPS) is 10.4. The Morgan fingerprint density at radius 1 is 1.00 bits per heavy atom. The van der Waals surface area contributed by atoms with E-state index in [-0.39, 0.29) is 12.1 Å². The minimum atomic E-state index is -0.647. The van der Waals surface area contributed by atoms with E-state index in [1.165, 1.54) is 10.8 Å². The number of aromatic nitrogens is 2.